The van der Waals surface area contributed by atoms with Crippen molar-refractivity contribution >= 4 is 33.3 Å². The summed E-state index contributed by atoms with van der Waals surface area (Å²) in [5.74, 6) is 6.99. The van der Waals surface area contributed by atoms with E-state index < -0.39 is 0 Å². The van der Waals surface area contributed by atoms with E-state index >= 15 is 0 Å². The summed E-state index contributed by atoms with van der Waals surface area (Å²) in [7, 11) is 0. The quantitative estimate of drug-likeness (QED) is 0.659. The van der Waals surface area contributed by atoms with Gasteiger partial charge in [-0.3, -0.25) is 0 Å². The SMILES string of the molecule is Cc1cc(NN)nc(COc2ccc(Br)cc2Cl)n1. The summed E-state index contributed by atoms with van der Waals surface area (Å²) >= 11 is 9.39. The van der Waals surface area contributed by atoms with Crippen LogP contribution in [0, 0.1) is 6.92 Å². The van der Waals surface area contributed by atoms with Crippen LogP contribution in [0.2, 0.25) is 5.02 Å². The Hall–Kier alpha value is -1.37. The molecule has 0 aliphatic heterocycles. The van der Waals surface area contributed by atoms with Gasteiger partial charge in [0.15, 0.2) is 5.82 Å². The Labute approximate surface area is 124 Å². The zero-order valence-corrected chi connectivity index (χ0v) is 12.5. The molecule has 0 saturated heterocycles. The van der Waals surface area contributed by atoms with E-state index in [1.807, 2.05) is 13.0 Å². The Morgan fingerprint density at radius 1 is 1.37 bits per heavy atom. The normalized spacial score (nSPS) is 10.3. The molecule has 1 aromatic heterocycles. The molecule has 1 aromatic carbocycles. The molecule has 0 radical (unpaired) electrons. The number of nitrogens with two attached hydrogens (primary N) is 1. The van der Waals surface area contributed by atoms with Crippen LogP contribution in [0.25, 0.3) is 0 Å². The number of hydrogen-bond acceptors (Lipinski definition) is 5. The number of nitrogen functional groups attached to an aromatic ring is 1. The molecule has 0 aliphatic carbocycles. The molecular weight excluding hydrogens is 332 g/mol. The van der Waals surface area contributed by atoms with Gasteiger partial charge in [0.25, 0.3) is 0 Å². The van der Waals surface area contributed by atoms with Crippen molar-refractivity contribution in [2.75, 3.05) is 5.43 Å². The van der Waals surface area contributed by atoms with Gasteiger partial charge in [0.2, 0.25) is 0 Å². The summed E-state index contributed by atoms with van der Waals surface area (Å²) in [5, 5.41) is 0.527. The smallest absolute Gasteiger partial charge is 0.168 e. The fourth-order valence-electron chi connectivity index (χ4n) is 1.50. The topological polar surface area (TPSA) is 73.1 Å². The summed E-state index contributed by atoms with van der Waals surface area (Å²) in [4.78, 5) is 8.45. The van der Waals surface area contributed by atoms with E-state index in [1.165, 1.54) is 0 Å². The molecule has 0 bridgehead atoms. The number of hydrazine groups is 1. The fourth-order valence-corrected chi connectivity index (χ4v) is 2.23. The molecule has 0 unspecified atom stereocenters. The van der Waals surface area contributed by atoms with Gasteiger partial charge in [0.1, 0.15) is 18.2 Å². The first-order chi connectivity index (χ1) is 9.08. The summed E-state index contributed by atoms with van der Waals surface area (Å²) in [5.41, 5.74) is 3.30. The lowest BCUT2D eigenvalue weighted by atomic mass is 10.3. The first-order valence-electron chi connectivity index (χ1n) is 5.47. The maximum absolute atomic E-state index is 6.06. The van der Waals surface area contributed by atoms with E-state index in [-0.39, 0.29) is 6.61 Å². The minimum atomic E-state index is 0.220. The molecule has 7 heteroatoms. The van der Waals surface area contributed by atoms with Gasteiger partial charge in [-0.1, -0.05) is 27.5 Å². The third-order valence-corrected chi connectivity index (χ3v) is 3.09. The van der Waals surface area contributed by atoms with Crippen LogP contribution in [0.4, 0.5) is 5.82 Å². The van der Waals surface area contributed by atoms with E-state index in [1.54, 1.807) is 18.2 Å². The van der Waals surface area contributed by atoms with Crippen molar-refractivity contribution in [1.29, 1.82) is 0 Å². The first kappa shape index (κ1) is 14.0. The third-order valence-electron chi connectivity index (χ3n) is 2.30. The van der Waals surface area contributed by atoms with Crippen molar-refractivity contribution in [2.45, 2.75) is 13.5 Å². The van der Waals surface area contributed by atoms with Crippen molar-refractivity contribution in [3.8, 4) is 5.75 Å². The molecular formula is C12H12BrClN4O. The molecule has 19 heavy (non-hydrogen) atoms. The van der Waals surface area contributed by atoms with Gasteiger partial charge in [-0.25, -0.2) is 15.8 Å². The van der Waals surface area contributed by atoms with E-state index in [9.17, 15) is 0 Å². The largest absolute Gasteiger partial charge is 0.484 e. The molecule has 5 nitrogen and oxygen atoms in total. The van der Waals surface area contributed by atoms with Crippen LogP contribution in [0.15, 0.2) is 28.7 Å². The zero-order chi connectivity index (χ0) is 13.8. The highest BCUT2D eigenvalue weighted by Crippen LogP contribution is 2.28. The molecule has 0 saturated carbocycles. The number of anilines is 1. The zero-order valence-electron chi connectivity index (χ0n) is 10.2. The number of hydrogen-bond donors (Lipinski definition) is 2. The maximum atomic E-state index is 6.06. The van der Waals surface area contributed by atoms with E-state index in [2.05, 4.69) is 31.3 Å². The van der Waals surface area contributed by atoms with Crippen LogP contribution < -0.4 is 16.0 Å². The van der Waals surface area contributed by atoms with Gasteiger partial charge in [0, 0.05) is 16.2 Å². The fraction of sp³-hybridized carbons (Fsp3) is 0.167. The number of ether oxygens (including phenoxy) is 1. The van der Waals surface area contributed by atoms with Gasteiger partial charge in [-0.15, -0.1) is 0 Å². The van der Waals surface area contributed by atoms with Crippen LogP contribution in [-0.4, -0.2) is 9.97 Å². The first-order valence-corrected chi connectivity index (χ1v) is 6.64. The third kappa shape index (κ3) is 3.79. The molecule has 2 rings (SSSR count). The van der Waals surface area contributed by atoms with Crippen molar-refractivity contribution in [2.24, 2.45) is 5.84 Å². The van der Waals surface area contributed by atoms with E-state index in [0.717, 1.165) is 10.2 Å². The highest BCUT2D eigenvalue weighted by molar-refractivity contribution is 9.10. The summed E-state index contributed by atoms with van der Waals surface area (Å²) in [6.07, 6.45) is 0. The molecule has 100 valence electrons. The highest BCUT2D eigenvalue weighted by Gasteiger charge is 2.06. The minimum absolute atomic E-state index is 0.220. The Bertz CT molecular complexity index is 594. The van der Waals surface area contributed by atoms with Gasteiger partial charge < -0.3 is 10.2 Å². The van der Waals surface area contributed by atoms with Crippen molar-refractivity contribution in [1.82, 2.24) is 9.97 Å². The van der Waals surface area contributed by atoms with Crippen LogP contribution in [0.3, 0.4) is 0 Å². The average Bonchev–Trinajstić information content (AvgIpc) is 2.37. The number of nitrogens with zero attached hydrogens (tertiary/aromatic N) is 2. The lowest BCUT2D eigenvalue weighted by molar-refractivity contribution is 0.296. The summed E-state index contributed by atoms with van der Waals surface area (Å²) in [6.45, 7) is 2.08. The molecule has 2 aromatic rings. The number of halogens is 2. The molecule has 0 fully saturated rings. The van der Waals surface area contributed by atoms with Crippen molar-refractivity contribution in [3.63, 3.8) is 0 Å². The second-order valence-corrected chi connectivity index (χ2v) is 5.14. The maximum Gasteiger partial charge on any atom is 0.168 e. The number of nitrogens with one attached hydrogen (secondary N) is 1. The molecule has 0 spiro atoms. The summed E-state index contributed by atoms with van der Waals surface area (Å²) < 4.78 is 6.48. The minimum Gasteiger partial charge on any atom is -0.484 e. The lowest BCUT2D eigenvalue weighted by Gasteiger charge is -2.09. The molecule has 3 N–H and O–H groups in total. The van der Waals surface area contributed by atoms with E-state index in [4.69, 9.17) is 22.2 Å². The van der Waals surface area contributed by atoms with Gasteiger partial charge >= 0.3 is 0 Å². The number of benzene rings is 1. The second kappa shape index (κ2) is 6.18. The Morgan fingerprint density at radius 3 is 2.84 bits per heavy atom. The lowest BCUT2D eigenvalue weighted by Crippen LogP contribution is -2.12. The van der Waals surface area contributed by atoms with E-state index in [0.29, 0.717) is 22.4 Å². The molecule has 0 atom stereocenters. The Kier molecular flexibility index (Phi) is 4.57. The number of aromatic nitrogens is 2. The predicted molar refractivity (Wildman–Crippen MR) is 78.1 cm³/mol. The molecule has 0 amide bonds. The number of rotatable bonds is 4. The second-order valence-electron chi connectivity index (χ2n) is 3.82. The van der Waals surface area contributed by atoms with Gasteiger partial charge in [0.05, 0.1) is 5.02 Å². The Balaban J connectivity index is 2.12. The number of aryl methyl sites for hydroxylation is 1. The highest BCUT2D eigenvalue weighted by atomic mass is 79.9. The van der Waals surface area contributed by atoms with Crippen LogP contribution >= 0.6 is 27.5 Å². The molecule has 0 aliphatic rings. The van der Waals surface area contributed by atoms with Gasteiger partial charge in [-0.05, 0) is 25.1 Å². The van der Waals surface area contributed by atoms with Gasteiger partial charge in [-0.2, -0.15) is 0 Å². The van der Waals surface area contributed by atoms with Crippen LogP contribution in [0.5, 0.6) is 5.75 Å². The van der Waals surface area contributed by atoms with Crippen molar-refractivity contribution in [3.05, 3.63) is 45.3 Å². The average molecular weight is 344 g/mol. The van der Waals surface area contributed by atoms with Crippen LogP contribution in [-0.2, 0) is 6.61 Å². The monoisotopic (exact) mass is 342 g/mol. The standard InChI is InChI=1S/C12H12BrClN4O/c1-7-4-11(18-15)17-12(16-7)6-19-10-3-2-8(13)5-9(10)14/h2-5H,6,15H2,1H3,(H,16,17,18). The predicted octanol–water partition coefficient (Wildman–Crippen LogP) is 3.07. The van der Waals surface area contributed by atoms with Crippen LogP contribution in [0.1, 0.15) is 11.5 Å². The summed E-state index contributed by atoms with van der Waals surface area (Å²) in [6, 6.07) is 7.15. The Morgan fingerprint density at radius 2 is 2.16 bits per heavy atom. The molecule has 1 heterocycles. The van der Waals surface area contributed by atoms with Crippen molar-refractivity contribution < 1.29 is 4.74 Å².